The second-order valence-electron chi connectivity index (χ2n) is 7.60. The Morgan fingerprint density at radius 3 is 2.72 bits per heavy atom. The van der Waals surface area contributed by atoms with Crippen LogP contribution in [-0.2, 0) is 11.3 Å². The monoisotopic (exact) mass is 458 g/mol. The molecular formula is C21H26N6O4S. The van der Waals surface area contributed by atoms with Crippen molar-refractivity contribution in [3.05, 3.63) is 55.8 Å². The average Bonchev–Trinajstić information content (AvgIpc) is 3.15. The van der Waals surface area contributed by atoms with E-state index in [1.807, 2.05) is 19.9 Å². The number of nitrogens with zero attached hydrogens (tertiary/aromatic N) is 4. The number of nitrogen functional groups attached to an aromatic ring is 1. The molecule has 0 aromatic carbocycles. The minimum absolute atomic E-state index is 0.0657. The maximum Gasteiger partial charge on any atom is 0.330 e. The third kappa shape index (κ3) is 4.78. The Kier molecular flexibility index (Phi) is 7.21. The lowest BCUT2D eigenvalue weighted by molar-refractivity contribution is 0.0978. The first-order valence-corrected chi connectivity index (χ1v) is 10.9. The predicted molar refractivity (Wildman–Crippen MR) is 124 cm³/mol. The van der Waals surface area contributed by atoms with Crippen LogP contribution in [0.4, 0.5) is 11.5 Å². The van der Waals surface area contributed by atoms with Crippen molar-refractivity contribution in [3.8, 4) is 10.7 Å². The third-order valence-corrected chi connectivity index (χ3v) is 5.84. The van der Waals surface area contributed by atoms with Gasteiger partial charge in [0.15, 0.2) is 5.69 Å². The molecule has 3 N–H and O–H groups in total. The van der Waals surface area contributed by atoms with E-state index in [-0.39, 0.29) is 30.6 Å². The number of nitrogens with one attached hydrogen (secondary N) is 1. The molecular weight excluding hydrogens is 432 g/mol. The van der Waals surface area contributed by atoms with Crippen molar-refractivity contribution < 1.29 is 9.53 Å². The minimum Gasteiger partial charge on any atom is -0.383 e. The van der Waals surface area contributed by atoms with Gasteiger partial charge in [-0.2, -0.15) is 0 Å². The standard InChI is InChI=1S/C21H26N6O4S/c1-12(2)11-27-17(22)15(18(28)25-21(27)30)26(9-10-31-4)20(29)16-13(3)24-19(32-16)14-7-5-6-8-23-14/h5-8,12H,9-11,22H2,1-4H3,(H,25,28,30). The summed E-state index contributed by atoms with van der Waals surface area (Å²) in [5.74, 6) is -0.420. The first kappa shape index (κ1) is 23.4. The molecule has 3 heterocycles. The van der Waals surface area contributed by atoms with Gasteiger partial charge in [-0.3, -0.25) is 29.0 Å². The van der Waals surface area contributed by atoms with Gasteiger partial charge in [0.1, 0.15) is 15.7 Å². The van der Waals surface area contributed by atoms with Gasteiger partial charge in [0.2, 0.25) is 0 Å². The van der Waals surface area contributed by atoms with Crippen LogP contribution in [0.25, 0.3) is 10.7 Å². The molecule has 3 rings (SSSR count). The summed E-state index contributed by atoms with van der Waals surface area (Å²) < 4.78 is 6.42. The quantitative estimate of drug-likeness (QED) is 0.526. The number of ether oxygens (including phenoxy) is 1. The number of carbonyl (C=O) groups excluding carboxylic acids is 1. The molecule has 0 unspecified atom stereocenters. The molecule has 0 spiro atoms. The van der Waals surface area contributed by atoms with Gasteiger partial charge >= 0.3 is 5.69 Å². The summed E-state index contributed by atoms with van der Waals surface area (Å²) in [6.07, 6.45) is 1.65. The van der Waals surface area contributed by atoms with E-state index in [2.05, 4.69) is 15.0 Å². The fraction of sp³-hybridized carbons (Fsp3) is 0.381. The molecule has 0 aliphatic rings. The second kappa shape index (κ2) is 9.88. The third-order valence-electron chi connectivity index (χ3n) is 4.67. The number of pyridine rings is 1. The van der Waals surface area contributed by atoms with E-state index in [1.54, 1.807) is 25.3 Å². The molecule has 32 heavy (non-hydrogen) atoms. The van der Waals surface area contributed by atoms with Crippen LogP contribution in [0.3, 0.4) is 0 Å². The number of aryl methyl sites for hydroxylation is 1. The van der Waals surface area contributed by atoms with Crippen LogP contribution in [0.1, 0.15) is 29.2 Å². The molecule has 10 nitrogen and oxygen atoms in total. The molecule has 0 saturated carbocycles. The van der Waals surface area contributed by atoms with Crippen LogP contribution in [0.15, 0.2) is 34.0 Å². The van der Waals surface area contributed by atoms with Crippen molar-refractivity contribution in [3.63, 3.8) is 0 Å². The number of H-pyrrole nitrogens is 1. The number of hydrogen-bond donors (Lipinski definition) is 2. The van der Waals surface area contributed by atoms with E-state index >= 15 is 0 Å². The minimum atomic E-state index is -0.732. The Morgan fingerprint density at radius 2 is 2.09 bits per heavy atom. The summed E-state index contributed by atoms with van der Waals surface area (Å²) in [6, 6.07) is 5.44. The summed E-state index contributed by atoms with van der Waals surface area (Å²) in [4.78, 5) is 51.3. The number of aromatic nitrogens is 4. The van der Waals surface area contributed by atoms with Crippen molar-refractivity contribution in [1.29, 1.82) is 0 Å². The fourth-order valence-electron chi connectivity index (χ4n) is 3.20. The molecule has 11 heteroatoms. The largest absolute Gasteiger partial charge is 0.383 e. The smallest absolute Gasteiger partial charge is 0.330 e. The molecule has 0 aliphatic carbocycles. The van der Waals surface area contributed by atoms with Crippen molar-refractivity contribution in [2.45, 2.75) is 27.3 Å². The Bertz CT molecular complexity index is 1220. The molecule has 3 aromatic rings. The summed E-state index contributed by atoms with van der Waals surface area (Å²) in [5.41, 5.74) is 5.96. The highest BCUT2D eigenvalue weighted by molar-refractivity contribution is 7.17. The number of aromatic amines is 1. The zero-order chi connectivity index (χ0) is 23.4. The van der Waals surface area contributed by atoms with Crippen molar-refractivity contribution >= 4 is 28.7 Å². The van der Waals surface area contributed by atoms with E-state index in [0.29, 0.717) is 27.8 Å². The van der Waals surface area contributed by atoms with Gasteiger partial charge in [-0.25, -0.2) is 9.78 Å². The van der Waals surface area contributed by atoms with Crippen molar-refractivity contribution in [2.24, 2.45) is 5.92 Å². The zero-order valence-electron chi connectivity index (χ0n) is 18.4. The average molecular weight is 459 g/mol. The van der Waals surface area contributed by atoms with Crippen LogP contribution in [-0.4, -0.2) is 45.7 Å². The summed E-state index contributed by atoms with van der Waals surface area (Å²) >= 11 is 1.18. The maximum absolute atomic E-state index is 13.6. The van der Waals surface area contributed by atoms with Gasteiger partial charge in [-0.05, 0) is 25.0 Å². The Balaban J connectivity index is 2.10. The number of rotatable bonds is 8. The predicted octanol–water partition coefficient (Wildman–Crippen LogP) is 1.89. The first-order chi connectivity index (χ1) is 15.2. The highest BCUT2D eigenvalue weighted by atomic mass is 32.1. The maximum atomic E-state index is 13.6. The van der Waals surface area contributed by atoms with Gasteiger partial charge in [0.25, 0.3) is 11.5 Å². The molecule has 0 bridgehead atoms. The Hall–Kier alpha value is -3.31. The lowest BCUT2D eigenvalue weighted by atomic mass is 10.2. The van der Waals surface area contributed by atoms with E-state index < -0.39 is 17.2 Å². The lowest BCUT2D eigenvalue weighted by Gasteiger charge is -2.24. The second-order valence-corrected chi connectivity index (χ2v) is 8.59. The SMILES string of the molecule is COCCN(C(=O)c1sc(-c2ccccn2)nc1C)c1c(N)n(CC(C)C)c(=O)[nH]c1=O. The molecule has 0 saturated heterocycles. The lowest BCUT2D eigenvalue weighted by Crippen LogP contribution is -2.42. The topological polar surface area (TPSA) is 136 Å². The number of amides is 1. The van der Waals surface area contributed by atoms with Crippen LogP contribution in [0.2, 0.25) is 0 Å². The van der Waals surface area contributed by atoms with E-state index in [0.717, 1.165) is 0 Å². The number of anilines is 2. The summed E-state index contributed by atoms with van der Waals surface area (Å²) in [7, 11) is 1.49. The van der Waals surface area contributed by atoms with E-state index in [1.165, 1.54) is 27.9 Å². The normalized spacial score (nSPS) is 11.2. The van der Waals surface area contributed by atoms with Gasteiger partial charge in [-0.15, -0.1) is 11.3 Å². The Morgan fingerprint density at radius 1 is 1.34 bits per heavy atom. The highest BCUT2D eigenvalue weighted by Crippen LogP contribution is 2.29. The van der Waals surface area contributed by atoms with Gasteiger partial charge < -0.3 is 10.5 Å². The number of hydrogen-bond acceptors (Lipinski definition) is 8. The van der Waals surface area contributed by atoms with Crippen LogP contribution in [0, 0.1) is 12.8 Å². The molecule has 170 valence electrons. The van der Waals surface area contributed by atoms with E-state index in [9.17, 15) is 14.4 Å². The first-order valence-electron chi connectivity index (χ1n) is 10.1. The van der Waals surface area contributed by atoms with Crippen molar-refractivity contribution in [2.75, 3.05) is 30.9 Å². The van der Waals surface area contributed by atoms with Crippen LogP contribution >= 0.6 is 11.3 Å². The zero-order valence-corrected chi connectivity index (χ0v) is 19.2. The van der Waals surface area contributed by atoms with Gasteiger partial charge in [0, 0.05) is 26.4 Å². The van der Waals surface area contributed by atoms with E-state index in [4.69, 9.17) is 10.5 Å². The van der Waals surface area contributed by atoms with Crippen LogP contribution < -0.4 is 21.9 Å². The Labute approximate surface area is 188 Å². The van der Waals surface area contributed by atoms with Crippen LogP contribution in [0.5, 0.6) is 0 Å². The number of carbonyl (C=O) groups is 1. The number of nitrogens with two attached hydrogens (primary N) is 1. The number of methoxy groups -OCH3 is 1. The fourth-order valence-corrected chi connectivity index (χ4v) is 4.19. The molecule has 3 aromatic heterocycles. The summed E-state index contributed by atoms with van der Waals surface area (Å²) in [5, 5.41) is 0.588. The van der Waals surface area contributed by atoms with Gasteiger partial charge in [-0.1, -0.05) is 19.9 Å². The number of thiazole rings is 1. The summed E-state index contributed by atoms with van der Waals surface area (Å²) in [6.45, 7) is 6.09. The molecule has 0 atom stereocenters. The molecule has 1 amide bonds. The van der Waals surface area contributed by atoms with Crippen molar-refractivity contribution in [1.82, 2.24) is 19.5 Å². The van der Waals surface area contributed by atoms with Gasteiger partial charge in [0.05, 0.1) is 18.0 Å². The highest BCUT2D eigenvalue weighted by Gasteiger charge is 2.28. The molecule has 0 aliphatic heterocycles. The molecule has 0 fully saturated rings. The molecule has 0 radical (unpaired) electrons.